The minimum Gasteiger partial charge on any atom is -0.493 e. The van der Waals surface area contributed by atoms with Crippen LogP contribution >= 0.6 is 35.3 Å². The zero-order valence-electron chi connectivity index (χ0n) is 17.6. The maximum absolute atomic E-state index is 12.6. The second-order valence-corrected chi connectivity index (χ2v) is 7.64. The first-order valence-electron chi connectivity index (χ1n) is 9.75. The molecule has 2 aromatic rings. The largest absolute Gasteiger partial charge is 0.493 e. The first-order chi connectivity index (χ1) is 14.1. The van der Waals surface area contributed by atoms with E-state index in [1.165, 1.54) is 10.4 Å². The first kappa shape index (κ1) is 24.3. The highest BCUT2D eigenvalue weighted by atomic mass is 127. The van der Waals surface area contributed by atoms with E-state index in [1.54, 1.807) is 25.6 Å². The van der Waals surface area contributed by atoms with Crippen LogP contribution < -0.4 is 20.1 Å². The Morgan fingerprint density at radius 1 is 1.23 bits per heavy atom. The average Bonchev–Trinajstić information content (AvgIpc) is 3.21. The molecule has 1 amide bonds. The number of fused-ring (bicyclic) bond motifs is 1. The van der Waals surface area contributed by atoms with Crippen molar-refractivity contribution in [3.05, 3.63) is 40.1 Å². The van der Waals surface area contributed by atoms with Gasteiger partial charge in [0.1, 0.15) is 0 Å². The molecule has 0 spiro atoms. The molecular weight excluding hydrogens is 515 g/mol. The Balaban J connectivity index is 0.00000320. The zero-order chi connectivity index (χ0) is 20.6. The number of thiophene rings is 1. The predicted octanol–water partition coefficient (Wildman–Crippen LogP) is 3.74. The molecule has 0 atom stereocenters. The molecule has 30 heavy (non-hydrogen) atoms. The summed E-state index contributed by atoms with van der Waals surface area (Å²) >= 11 is 1.78. The molecule has 0 radical (unpaired) electrons. The molecule has 2 N–H and O–H groups in total. The van der Waals surface area contributed by atoms with Crippen LogP contribution in [-0.2, 0) is 17.8 Å². The summed E-state index contributed by atoms with van der Waals surface area (Å²) in [5.41, 5.74) is 2.11. The second-order valence-electron chi connectivity index (χ2n) is 6.64. The van der Waals surface area contributed by atoms with Gasteiger partial charge in [-0.3, -0.25) is 9.79 Å². The highest BCUT2D eigenvalue weighted by molar-refractivity contribution is 14.0. The molecule has 164 valence electrons. The van der Waals surface area contributed by atoms with E-state index in [1.807, 2.05) is 30.0 Å². The van der Waals surface area contributed by atoms with Crippen molar-refractivity contribution in [3.63, 3.8) is 0 Å². The molecular formula is C21H29IN4O3S. The van der Waals surface area contributed by atoms with Gasteiger partial charge in [0.05, 0.1) is 20.8 Å². The van der Waals surface area contributed by atoms with Crippen LogP contribution in [0.5, 0.6) is 11.5 Å². The van der Waals surface area contributed by atoms with E-state index in [9.17, 15) is 4.79 Å². The van der Waals surface area contributed by atoms with Gasteiger partial charge in [-0.1, -0.05) is 0 Å². The summed E-state index contributed by atoms with van der Waals surface area (Å²) in [6.07, 6.45) is 1.34. The van der Waals surface area contributed by atoms with E-state index in [4.69, 9.17) is 9.47 Å². The number of anilines is 1. The molecule has 0 bridgehead atoms. The minimum atomic E-state index is 0. The van der Waals surface area contributed by atoms with E-state index < -0.39 is 0 Å². The highest BCUT2D eigenvalue weighted by Gasteiger charge is 2.20. The van der Waals surface area contributed by atoms with Gasteiger partial charge in [-0.15, -0.1) is 35.3 Å². The van der Waals surface area contributed by atoms with Crippen molar-refractivity contribution in [2.75, 3.05) is 39.2 Å². The van der Waals surface area contributed by atoms with Crippen LogP contribution in [0.25, 0.3) is 0 Å². The lowest BCUT2D eigenvalue weighted by Gasteiger charge is -2.26. The van der Waals surface area contributed by atoms with Crippen molar-refractivity contribution in [2.24, 2.45) is 4.99 Å². The summed E-state index contributed by atoms with van der Waals surface area (Å²) in [5, 5.41) is 8.55. The molecule has 1 aliphatic heterocycles. The Morgan fingerprint density at radius 2 is 2.03 bits per heavy atom. The number of nitrogens with zero attached hydrogens (tertiary/aromatic N) is 2. The molecule has 1 aliphatic rings. The standard InChI is InChI=1S/C21H28N4O3S.HI/c1-4-22-21(24-16-5-6-17(27-2)18(13-16)28-3)23-10-7-20(26)25-11-8-19-15(14-25)9-12-29-19;/h5-6,9,12-13H,4,7-8,10-11,14H2,1-3H3,(H2,22,23,24);1H. The number of guanidine groups is 1. The topological polar surface area (TPSA) is 75.2 Å². The Morgan fingerprint density at radius 3 is 2.77 bits per heavy atom. The number of ether oxygens (including phenoxy) is 2. The van der Waals surface area contributed by atoms with E-state index in [-0.39, 0.29) is 29.9 Å². The first-order valence-corrected chi connectivity index (χ1v) is 10.6. The fourth-order valence-electron chi connectivity index (χ4n) is 3.24. The molecule has 9 heteroatoms. The van der Waals surface area contributed by atoms with Crippen molar-refractivity contribution < 1.29 is 14.3 Å². The molecule has 1 aromatic heterocycles. The Labute approximate surface area is 198 Å². The fraction of sp³-hybridized carbons (Fsp3) is 0.429. The van der Waals surface area contributed by atoms with Crippen molar-refractivity contribution in [1.82, 2.24) is 10.2 Å². The zero-order valence-corrected chi connectivity index (χ0v) is 20.7. The second kappa shape index (κ2) is 12.0. The number of aliphatic imine (C=N–C) groups is 1. The Bertz CT molecular complexity index is 872. The van der Waals surface area contributed by atoms with Gasteiger partial charge < -0.3 is 25.0 Å². The van der Waals surface area contributed by atoms with Crippen molar-refractivity contribution in [3.8, 4) is 11.5 Å². The minimum absolute atomic E-state index is 0. The Kier molecular flexibility index (Phi) is 9.70. The van der Waals surface area contributed by atoms with Gasteiger partial charge in [0.25, 0.3) is 0 Å². The van der Waals surface area contributed by atoms with E-state index >= 15 is 0 Å². The number of benzene rings is 1. The number of halogens is 1. The number of hydrogen-bond donors (Lipinski definition) is 2. The summed E-state index contributed by atoms with van der Waals surface area (Å²) in [4.78, 5) is 20.5. The van der Waals surface area contributed by atoms with E-state index in [0.29, 0.717) is 37.0 Å². The normalized spacial score (nSPS) is 13.2. The van der Waals surface area contributed by atoms with E-state index in [2.05, 4.69) is 27.1 Å². The maximum Gasteiger partial charge on any atom is 0.224 e. The van der Waals surface area contributed by atoms with Crippen LogP contribution in [0.3, 0.4) is 0 Å². The molecule has 0 saturated carbocycles. The number of nitrogens with one attached hydrogen (secondary N) is 2. The van der Waals surface area contributed by atoms with Gasteiger partial charge >= 0.3 is 0 Å². The molecule has 2 heterocycles. The van der Waals surface area contributed by atoms with Gasteiger partial charge in [0.15, 0.2) is 17.5 Å². The quantitative estimate of drug-likeness (QED) is 0.316. The van der Waals surface area contributed by atoms with Crippen LogP contribution in [0.1, 0.15) is 23.8 Å². The van der Waals surface area contributed by atoms with Crippen LogP contribution in [0.4, 0.5) is 5.69 Å². The van der Waals surface area contributed by atoms with Crippen LogP contribution in [0.2, 0.25) is 0 Å². The lowest BCUT2D eigenvalue weighted by atomic mass is 10.1. The molecule has 0 unspecified atom stereocenters. The third-order valence-electron chi connectivity index (χ3n) is 4.75. The third-order valence-corrected chi connectivity index (χ3v) is 5.77. The highest BCUT2D eigenvalue weighted by Crippen LogP contribution is 2.29. The van der Waals surface area contributed by atoms with Crippen LogP contribution in [-0.4, -0.2) is 50.6 Å². The number of hydrogen-bond acceptors (Lipinski definition) is 5. The van der Waals surface area contributed by atoms with Gasteiger partial charge in [-0.2, -0.15) is 0 Å². The fourth-order valence-corrected chi connectivity index (χ4v) is 4.13. The number of carbonyl (C=O) groups is 1. The van der Waals surface area contributed by atoms with Crippen LogP contribution in [0, 0.1) is 0 Å². The molecule has 0 fully saturated rings. The summed E-state index contributed by atoms with van der Waals surface area (Å²) in [7, 11) is 3.21. The van der Waals surface area contributed by atoms with Gasteiger partial charge in [-0.05, 0) is 42.5 Å². The summed E-state index contributed by atoms with van der Waals surface area (Å²) in [5.74, 6) is 2.08. The number of methoxy groups -OCH3 is 2. The molecule has 1 aromatic carbocycles. The monoisotopic (exact) mass is 544 g/mol. The SMILES string of the molecule is CCNC(=NCCC(=O)N1CCc2sccc2C1)Nc1ccc(OC)c(OC)c1.I. The average molecular weight is 544 g/mol. The molecule has 0 aliphatic carbocycles. The number of rotatable bonds is 7. The molecule has 7 nitrogen and oxygen atoms in total. The Hall–Kier alpha value is -2.01. The van der Waals surface area contributed by atoms with Gasteiger partial charge in [0, 0.05) is 42.7 Å². The lowest BCUT2D eigenvalue weighted by Crippen LogP contribution is -2.36. The maximum atomic E-state index is 12.6. The van der Waals surface area contributed by atoms with Crippen molar-refractivity contribution in [2.45, 2.75) is 26.3 Å². The van der Waals surface area contributed by atoms with Gasteiger partial charge in [-0.25, -0.2) is 0 Å². The molecule has 3 rings (SSSR count). The number of amides is 1. The van der Waals surface area contributed by atoms with Crippen molar-refractivity contribution in [1.29, 1.82) is 0 Å². The predicted molar refractivity (Wildman–Crippen MR) is 133 cm³/mol. The van der Waals surface area contributed by atoms with Gasteiger partial charge in [0.2, 0.25) is 5.91 Å². The van der Waals surface area contributed by atoms with E-state index in [0.717, 1.165) is 25.2 Å². The lowest BCUT2D eigenvalue weighted by molar-refractivity contribution is -0.131. The number of carbonyl (C=O) groups excluding carboxylic acids is 1. The van der Waals surface area contributed by atoms with Crippen LogP contribution in [0.15, 0.2) is 34.6 Å². The van der Waals surface area contributed by atoms with Crippen molar-refractivity contribution >= 4 is 52.9 Å². The third kappa shape index (κ3) is 6.24. The summed E-state index contributed by atoms with van der Waals surface area (Å²) < 4.78 is 10.6. The smallest absolute Gasteiger partial charge is 0.224 e. The summed E-state index contributed by atoms with van der Waals surface area (Å²) in [6.45, 7) is 4.66. The molecule has 0 saturated heterocycles. The summed E-state index contributed by atoms with van der Waals surface area (Å²) in [6, 6.07) is 7.70.